The zero-order valence-electron chi connectivity index (χ0n) is 30.1. The molecule has 0 N–H and O–H groups in total. The summed E-state index contributed by atoms with van der Waals surface area (Å²) in [5.74, 6) is -3.59. The molecule has 6 aromatic carbocycles. The lowest BCUT2D eigenvalue weighted by Crippen LogP contribution is -2.16. The second-order valence-electron chi connectivity index (χ2n) is 15.8. The van der Waals surface area contributed by atoms with Crippen LogP contribution in [0.15, 0.2) is 109 Å². The lowest BCUT2D eigenvalue weighted by atomic mass is 9.86. The van der Waals surface area contributed by atoms with Crippen LogP contribution in [0.2, 0.25) is 0 Å². The Balaban J connectivity index is 1.59. The van der Waals surface area contributed by atoms with Crippen molar-refractivity contribution in [3.05, 3.63) is 143 Å². The third-order valence-corrected chi connectivity index (χ3v) is 10.2. The Hall–Kier alpha value is -5.50. The number of fused-ring (bicyclic) bond motifs is 6. The van der Waals surface area contributed by atoms with Gasteiger partial charge in [0.05, 0.1) is 39.0 Å². The first-order valence-electron chi connectivity index (χ1n) is 17.4. The fraction of sp³-hybridized carbons (Fsp3) is 0.200. The van der Waals surface area contributed by atoms with E-state index in [0.29, 0.717) is 34.2 Å². The van der Waals surface area contributed by atoms with Crippen molar-refractivity contribution in [3.63, 3.8) is 0 Å². The van der Waals surface area contributed by atoms with Crippen LogP contribution in [-0.2, 0) is 17.0 Å². The highest BCUT2D eigenvalue weighted by Gasteiger charge is 2.40. The van der Waals surface area contributed by atoms with Crippen molar-refractivity contribution in [1.82, 2.24) is 9.13 Å². The van der Waals surface area contributed by atoms with Crippen LogP contribution in [0, 0.1) is 17.5 Å². The minimum absolute atomic E-state index is 0.174. The Morgan fingerprint density at radius 2 is 0.849 bits per heavy atom. The summed E-state index contributed by atoms with van der Waals surface area (Å²) in [6.07, 6.45) is -4.95. The number of nitrogens with zero attached hydrogens (tertiary/aromatic N) is 2. The number of hydrogen-bond acceptors (Lipinski definition) is 0. The predicted octanol–water partition coefficient (Wildman–Crippen LogP) is 13.6. The number of benzene rings is 6. The molecule has 2 heterocycles. The molecule has 8 rings (SSSR count). The molecule has 53 heavy (non-hydrogen) atoms. The molecule has 0 bridgehead atoms. The Bertz CT molecular complexity index is 2590. The molecule has 0 aliphatic carbocycles. The molecule has 0 fully saturated rings. The van der Waals surface area contributed by atoms with Crippen molar-refractivity contribution in [3.8, 4) is 22.5 Å². The van der Waals surface area contributed by atoms with Gasteiger partial charge in [0.15, 0.2) is 0 Å². The molecule has 0 spiro atoms. The summed E-state index contributed by atoms with van der Waals surface area (Å²) in [5, 5.41) is 2.91. The molecular formula is C45H36F6N2. The molecule has 0 unspecified atom stereocenters. The third kappa shape index (κ3) is 5.58. The van der Waals surface area contributed by atoms with Gasteiger partial charge in [0.2, 0.25) is 0 Å². The van der Waals surface area contributed by atoms with Gasteiger partial charge in [-0.05, 0) is 76.1 Å². The number of hydrogen-bond donors (Lipinski definition) is 0. The van der Waals surface area contributed by atoms with Crippen LogP contribution in [-0.4, -0.2) is 9.13 Å². The van der Waals surface area contributed by atoms with E-state index in [0.717, 1.165) is 32.7 Å². The fourth-order valence-corrected chi connectivity index (χ4v) is 7.62. The molecular weight excluding hydrogens is 682 g/mol. The molecule has 8 aromatic rings. The van der Waals surface area contributed by atoms with Crippen LogP contribution in [0.4, 0.5) is 26.3 Å². The average Bonchev–Trinajstić information content (AvgIpc) is 3.58. The molecule has 0 atom stereocenters. The number of rotatable bonds is 3. The van der Waals surface area contributed by atoms with Crippen molar-refractivity contribution in [1.29, 1.82) is 0 Å². The third-order valence-electron chi connectivity index (χ3n) is 10.2. The Labute approximate surface area is 302 Å². The number of para-hydroxylation sites is 2. The monoisotopic (exact) mass is 718 g/mol. The molecule has 0 amide bonds. The van der Waals surface area contributed by atoms with Crippen molar-refractivity contribution in [2.75, 3.05) is 0 Å². The van der Waals surface area contributed by atoms with Crippen LogP contribution >= 0.6 is 0 Å². The topological polar surface area (TPSA) is 9.86 Å². The summed E-state index contributed by atoms with van der Waals surface area (Å²) in [5.41, 5.74) is 1.01. The first-order chi connectivity index (χ1) is 24.9. The second-order valence-corrected chi connectivity index (χ2v) is 15.8. The molecule has 0 aliphatic rings. The van der Waals surface area contributed by atoms with Gasteiger partial charge in [0.1, 0.15) is 23.0 Å². The van der Waals surface area contributed by atoms with E-state index >= 15 is 22.0 Å². The van der Waals surface area contributed by atoms with E-state index in [4.69, 9.17) is 0 Å². The zero-order valence-corrected chi connectivity index (χ0v) is 30.1. The Kier molecular flexibility index (Phi) is 7.67. The van der Waals surface area contributed by atoms with Gasteiger partial charge in [0.25, 0.3) is 0 Å². The van der Waals surface area contributed by atoms with Crippen LogP contribution in [0.25, 0.3) is 66.1 Å². The van der Waals surface area contributed by atoms with Crippen LogP contribution < -0.4 is 0 Å². The highest BCUT2D eigenvalue weighted by Crippen LogP contribution is 2.47. The summed E-state index contributed by atoms with van der Waals surface area (Å²) in [4.78, 5) is 0. The van der Waals surface area contributed by atoms with E-state index in [1.165, 1.54) is 21.3 Å². The van der Waals surface area contributed by atoms with E-state index < -0.39 is 34.8 Å². The van der Waals surface area contributed by atoms with Crippen molar-refractivity contribution >= 4 is 43.6 Å². The van der Waals surface area contributed by atoms with Crippen LogP contribution in [0.3, 0.4) is 0 Å². The molecule has 0 aliphatic heterocycles. The molecule has 268 valence electrons. The van der Waals surface area contributed by atoms with Gasteiger partial charge in [-0.15, -0.1) is 0 Å². The van der Waals surface area contributed by atoms with Gasteiger partial charge in [-0.2, -0.15) is 13.2 Å². The first-order valence-corrected chi connectivity index (χ1v) is 17.4. The normalized spacial score (nSPS) is 12.9. The number of halogens is 6. The van der Waals surface area contributed by atoms with Gasteiger partial charge < -0.3 is 9.13 Å². The Morgan fingerprint density at radius 1 is 0.453 bits per heavy atom. The van der Waals surface area contributed by atoms with Gasteiger partial charge in [-0.1, -0.05) is 90.1 Å². The minimum Gasteiger partial charge on any atom is -0.309 e. The van der Waals surface area contributed by atoms with Gasteiger partial charge in [-0.3, -0.25) is 0 Å². The SMILES string of the molecule is CC(C)(C)c1ccc2c(c1)c1ccccc1n2-c1cc(-c2c(F)cc(F)cc2F)cc(-n2c3ccccc3c3cc(C(C)(C)C)ccc32)c1C(F)(F)F. The lowest BCUT2D eigenvalue weighted by molar-refractivity contribution is -0.137. The lowest BCUT2D eigenvalue weighted by Gasteiger charge is -2.24. The molecule has 8 heteroatoms. The fourth-order valence-electron chi connectivity index (χ4n) is 7.62. The second kappa shape index (κ2) is 11.8. The quantitative estimate of drug-likeness (QED) is 0.161. The van der Waals surface area contributed by atoms with Crippen LogP contribution in [0.5, 0.6) is 0 Å². The van der Waals surface area contributed by atoms with E-state index in [1.807, 2.05) is 48.5 Å². The van der Waals surface area contributed by atoms with E-state index in [-0.39, 0.29) is 27.8 Å². The van der Waals surface area contributed by atoms with Crippen molar-refractivity contribution in [2.45, 2.75) is 58.5 Å². The first kappa shape index (κ1) is 34.6. The Morgan fingerprint density at radius 3 is 1.25 bits per heavy atom. The van der Waals surface area contributed by atoms with Crippen molar-refractivity contribution in [2.24, 2.45) is 0 Å². The molecule has 0 saturated heterocycles. The minimum atomic E-state index is -4.95. The highest BCUT2D eigenvalue weighted by molar-refractivity contribution is 6.11. The standard InChI is InChI=1S/C45H36F6N2/c1-43(2,3)26-15-17-37-31(21-26)29-11-7-9-13-35(29)52(37)39-19-25(41-33(47)23-28(46)24-34(41)48)20-40(42(39)45(49,50)51)53-36-14-10-8-12-30(36)32-22-27(44(4,5)6)16-18-38(32)53/h7-24H,1-6H3. The predicted molar refractivity (Wildman–Crippen MR) is 203 cm³/mol. The van der Waals surface area contributed by atoms with Gasteiger partial charge in [-0.25, -0.2) is 13.2 Å². The summed E-state index contributed by atoms with van der Waals surface area (Å²) >= 11 is 0. The largest absolute Gasteiger partial charge is 0.420 e. The maximum absolute atomic E-state index is 16.1. The highest BCUT2D eigenvalue weighted by atomic mass is 19.4. The smallest absolute Gasteiger partial charge is 0.309 e. The van der Waals surface area contributed by atoms with E-state index in [1.54, 1.807) is 36.4 Å². The van der Waals surface area contributed by atoms with Gasteiger partial charge in [0, 0.05) is 33.7 Å². The summed E-state index contributed by atoms with van der Waals surface area (Å²) in [6, 6.07) is 29.2. The number of aromatic nitrogens is 2. The molecule has 0 radical (unpaired) electrons. The van der Waals surface area contributed by atoms with Crippen molar-refractivity contribution < 1.29 is 26.3 Å². The van der Waals surface area contributed by atoms with E-state index in [9.17, 15) is 4.39 Å². The molecule has 2 aromatic heterocycles. The van der Waals surface area contributed by atoms with E-state index in [2.05, 4.69) is 41.5 Å². The molecule has 0 saturated carbocycles. The number of alkyl halides is 3. The molecule has 2 nitrogen and oxygen atoms in total. The maximum Gasteiger partial charge on any atom is 0.420 e. The average molecular weight is 719 g/mol. The zero-order chi connectivity index (χ0) is 37.8. The summed E-state index contributed by atoms with van der Waals surface area (Å²) in [7, 11) is 0. The van der Waals surface area contributed by atoms with Crippen LogP contribution in [0.1, 0.15) is 58.2 Å². The van der Waals surface area contributed by atoms with Gasteiger partial charge >= 0.3 is 6.18 Å². The summed E-state index contributed by atoms with van der Waals surface area (Å²) < 4.78 is 96.8. The maximum atomic E-state index is 16.1. The summed E-state index contributed by atoms with van der Waals surface area (Å²) in [6.45, 7) is 12.4.